The Morgan fingerprint density at radius 1 is 0.600 bits per heavy atom. The fraction of sp³-hybridized carbons (Fsp3) is 0.0263. The number of imidazole rings is 1. The van der Waals surface area contributed by atoms with E-state index in [1.807, 2.05) is 35.8 Å². The van der Waals surface area contributed by atoms with E-state index < -0.39 is 107 Å². The maximum absolute atomic E-state index is 9.30. The van der Waals surface area contributed by atoms with Crippen LogP contribution < -0.4 is 0 Å². The first-order valence-corrected chi connectivity index (χ1v) is 12.5. The Balaban J connectivity index is 1.69. The van der Waals surface area contributed by atoms with Crippen molar-refractivity contribution in [3.05, 3.63) is 145 Å². The maximum atomic E-state index is 9.30. The Hall–Kier alpha value is -5.21. The molecule has 1 heterocycles. The normalized spacial score (nSPS) is 16.9. The van der Waals surface area contributed by atoms with Gasteiger partial charge in [-0.05, 0) is 85.8 Å². The fourth-order valence-corrected chi connectivity index (χ4v) is 5.44. The SMILES string of the molecule is [2H]c1c([2H])c([2H])c2c(-c3c4c([2H])c([2H])c([2H])c([2H])c4c(-c4cccc(-n5c(C)nc6ccccc65)c4)c4c([2H])c([2H])c([2H])c([2H])c34)c([2H])c([2H])c([2H])c2c1[2H]. The summed E-state index contributed by atoms with van der Waals surface area (Å²) in [5.74, 6) is 0.635. The molecule has 0 bridgehead atoms. The Labute approximate surface area is 253 Å². The third-order valence-electron chi connectivity index (χ3n) is 7.06. The molecule has 0 atom stereocenters. The summed E-state index contributed by atoms with van der Waals surface area (Å²) in [7, 11) is 0. The van der Waals surface area contributed by atoms with E-state index >= 15 is 0 Å². The van der Waals surface area contributed by atoms with Crippen molar-refractivity contribution in [2.75, 3.05) is 0 Å². The van der Waals surface area contributed by atoms with Gasteiger partial charge in [0.1, 0.15) is 5.82 Å². The number of benzene rings is 7. The van der Waals surface area contributed by atoms with Crippen molar-refractivity contribution in [3.63, 3.8) is 0 Å². The fourth-order valence-electron chi connectivity index (χ4n) is 5.44. The average molecular weight is 526 g/mol. The van der Waals surface area contributed by atoms with Crippen LogP contribution in [0.15, 0.2) is 139 Å². The van der Waals surface area contributed by atoms with E-state index in [0.29, 0.717) is 17.1 Å². The van der Waals surface area contributed by atoms with E-state index in [2.05, 4.69) is 4.98 Å². The zero-order chi connectivity index (χ0) is 39.7. The molecule has 1 aromatic heterocycles. The molecule has 0 amide bonds. The van der Waals surface area contributed by atoms with Crippen molar-refractivity contribution in [1.29, 1.82) is 0 Å². The van der Waals surface area contributed by atoms with Gasteiger partial charge in [0, 0.05) is 5.69 Å². The van der Waals surface area contributed by atoms with Crippen LogP contribution in [0.1, 0.15) is 26.4 Å². The molecule has 0 fully saturated rings. The standard InChI is InChI=1S/C38H26N2/c1-25-39-35-22-8-9-23-36(35)40(25)28-15-10-14-27(24-28)37-31-17-4-6-19-33(31)38(34-20-7-5-18-32(34)37)30-21-11-13-26-12-2-3-16-29(26)30/h2-24H,1H3/i2D,3D,4D,5D,6D,7D,11D,12D,13D,16D,17D,18D,19D,20D,21D. The van der Waals surface area contributed by atoms with Crippen molar-refractivity contribution < 1.29 is 20.6 Å². The third kappa shape index (κ3) is 3.40. The third-order valence-corrected chi connectivity index (χ3v) is 7.06. The predicted molar refractivity (Wildman–Crippen MR) is 169 cm³/mol. The first-order valence-electron chi connectivity index (χ1n) is 20.0. The van der Waals surface area contributed by atoms with Gasteiger partial charge in [0.25, 0.3) is 0 Å². The van der Waals surface area contributed by atoms with Crippen LogP contribution in [0.3, 0.4) is 0 Å². The second-order valence-corrected chi connectivity index (χ2v) is 9.28. The number of rotatable bonds is 3. The molecule has 0 aliphatic rings. The number of hydrogen-bond donors (Lipinski definition) is 0. The van der Waals surface area contributed by atoms with Crippen molar-refractivity contribution in [3.8, 4) is 27.9 Å². The number of aryl methyl sites for hydroxylation is 1. The highest BCUT2D eigenvalue weighted by Gasteiger charge is 2.18. The lowest BCUT2D eigenvalue weighted by Gasteiger charge is -2.19. The summed E-state index contributed by atoms with van der Waals surface area (Å²) < 4.78 is 135. The van der Waals surface area contributed by atoms with Crippen LogP contribution in [-0.4, -0.2) is 9.55 Å². The summed E-state index contributed by atoms with van der Waals surface area (Å²) in [5, 5.41) is -1.79. The van der Waals surface area contributed by atoms with Crippen molar-refractivity contribution in [2.45, 2.75) is 6.92 Å². The predicted octanol–water partition coefficient (Wildman–Crippen LogP) is 10.1. The second-order valence-electron chi connectivity index (χ2n) is 9.28. The Morgan fingerprint density at radius 2 is 1.23 bits per heavy atom. The van der Waals surface area contributed by atoms with Gasteiger partial charge in [-0.15, -0.1) is 0 Å². The number of para-hydroxylation sites is 2. The highest BCUT2D eigenvalue weighted by Crippen LogP contribution is 2.45. The molecular weight excluding hydrogens is 484 g/mol. The van der Waals surface area contributed by atoms with Gasteiger partial charge in [0.15, 0.2) is 0 Å². The summed E-state index contributed by atoms with van der Waals surface area (Å²) in [4.78, 5) is 4.66. The van der Waals surface area contributed by atoms with Gasteiger partial charge in [-0.25, -0.2) is 4.98 Å². The van der Waals surface area contributed by atoms with Gasteiger partial charge in [0.05, 0.1) is 31.6 Å². The molecule has 2 nitrogen and oxygen atoms in total. The van der Waals surface area contributed by atoms with Gasteiger partial charge in [-0.2, -0.15) is 0 Å². The van der Waals surface area contributed by atoms with Crippen LogP contribution in [0.25, 0.3) is 71.3 Å². The number of fused-ring (bicyclic) bond motifs is 4. The van der Waals surface area contributed by atoms with E-state index in [9.17, 15) is 6.85 Å². The molecule has 0 unspecified atom stereocenters. The Bertz CT molecular complexity index is 2970. The maximum Gasteiger partial charge on any atom is 0.111 e. The molecule has 2 heteroatoms. The van der Waals surface area contributed by atoms with Crippen LogP contribution in [0.2, 0.25) is 0 Å². The van der Waals surface area contributed by atoms with Crippen LogP contribution in [0.5, 0.6) is 0 Å². The van der Waals surface area contributed by atoms with E-state index in [4.69, 9.17) is 13.7 Å². The molecule has 8 rings (SSSR count). The molecule has 40 heavy (non-hydrogen) atoms. The van der Waals surface area contributed by atoms with Crippen molar-refractivity contribution >= 4 is 43.4 Å². The minimum absolute atomic E-state index is 0.0256. The monoisotopic (exact) mass is 525 g/mol. The summed E-state index contributed by atoms with van der Waals surface area (Å²) in [6, 6.07) is 4.18. The molecule has 0 aliphatic carbocycles. The number of aromatic nitrogens is 2. The number of hydrogen-bond acceptors (Lipinski definition) is 1. The lowest BCUT2D eigenvalue weighted by atomic mass is 9.84. The lowest BCUT2D eigenvalue weighted by Crippen LogP contribution is -1.97. The first kappa shape index (κ1) is 12.3. The topological polar surface area (TPSA) is 17.8 Å². The number of nitrogens with zero attached hydrogens (tertiary/aromatic N) is 2. The molecule has 0 N–H and O–H groups in total. The van der Waals surface area contributed by atoms with Gasteiger partial charge in [-0.1, -0.05) is 115 Å². The summed E-state index contributed by atoms with van der Waals surface area (Å²) in [5.41, 5.74) is 1.63. The zero-order valence-corrected chi connectivity index (χ0v) is 21.0. The molecule has 8 aromatic rings. The minimum atomic E-state index is -0.754. The molecule has 0 saturated carbocycles. The largest absolute Gasteiger partial charge is 0.297 e. The van der Waals surface area contributed by atoms with Crippen molar-refractivity contribution in [1.82, 2.24) is 9.55 Å². The van der Waals surface area contributed by atoms with Crippen molar-refractivity contribution in [2.24, 2.45) is 0 Å². The van der Waals surface area contributed by atoms with Gasteiger partial charge in [-0.3, -0.25) is 4.57 Å². The summed E-state index contributed by atoms with van der Waals surface area (Å²) in [6.45, 7) is 1.82. The lowest BCUT2D eigenvalue weighted by molar-refractivity contribution is 1.00. The van der Waals surface area contributed by atoms with E-state index in [-0.39, 0.29) is 32.7 Å². The van der Waals surface area contributed by atoms with Gasteiger partial charge < -0.3 is 0 Å². The van der Waals surface area contributed by atoms with Crippen LogP contribution in [0, 0.1) is 6.92 Å². The van der Waals surface area contributed by atoms with Crippen LogP contribution in [-0.2, 0) is 0 Å². The van der Waals surface area contributed by atoms with Crippen LogP contribution >= 0.6 is 0 Å². The first-order chi connectivity index (χ1) is 26.0. The van der Waals surface area contributed by atoms with E-state index in [1.165, 1.54) is 0 Å². The molecule has 188 valence electrons. The Morgan fingerprint density at radius 3 is 1.98 bits per heavy atom. The van der Waals surface area contributed by atoms with Gasteiger partial charge in [0.2, 0.25) is 0 Å². The van der Waals surface area contributed by atoms with Crippen LogP contribution in [0.4, 0.5) is 0 Å². The smallest absolute Gasteiger partial charge is 0.111 e. The second kappa shape index (κ2) is 8.93. The molecule has 0 radical (unpaired) electrons. The summed E-state index contributed by atoms with van der Waals surface area (Å²) in [6.07, 6.45) is 0. The molecule has 0 saturated heterocycles. The minimum Gasteiger partial charge on any atom is -0.297 e. The highest BCUT2D eigenvalue weighted by molar-refractivity contribution is 6.23. The zero-order valence-electron chi connectivity index (χ0n) is 36.0. The van der Waals surface area contributed by atoms with E-state index in [1.54, 1.807) is 24.3 Å². The van der Waals surface area contributed by atoms with Gasteiger partial charge >= 0.3 is 0 Å². The molecule has 7 aromatic carbocycles. The summed E-state index contributed by atoms with van der Waals surface area (Å²) >= 11 is 0. The quantitative estimate of drug-likeness (QED) is 0.210. The molecule has 0 spiro atoms. The highest BCUT2D eigenvalue weighted by atomic mass is 15.1. The molecular formula is C38H26N2. The van der Waals surface area contributed by atoms with E-state index in [0.717, 1.165) is 11.0 Å². The molecule has 0 aliphatic heterocycles. The Kier molecular flexibility index (Phi) is 2.75. The average Bonchev–Trinajstić information content (AvgIpc) is 3.52.